The van der Waals surface area contributed by atoms with Gasteiger partial charge in [-0.15, -0.1) is 0 Å². The second-order valence-corrected chi connectivity index (χ2v) is 7.07. The molecule has 1 aromatic heterocycles. The predicted octanol–water partition coefficient (Wildman–Crippen LogP) is 5.37. The molecule has 2 N–H and O–H groups in total. The van der Waals surface area contributed by atoms with Crippen LogP contribution in [-0.4, -0.2) is 36.3 Å². The largest absolute Gasteiger partial charge is 0.474 e. The zero-order valence-corrected chi connectivity index (χ0v) is 18.0. The Morgan fingerprint density at radius 2 is 1.71 bits per heavy atom. The van der Waals surface area contributed by atoms with Crippen LogP contribution >= 0.6 is 0 Å². The summed E-state index contributed by atoms with van der Waals surface area (Å²) in [6.07, 6.45) is 1.51. The number of nitrogens with one attached hydrogen (secondary N) is 2. The fourth-order valence-corrected chi connectivity index (χ4v) is 3.03. The summed E-state index contributed by atoms with van der Waals surface area (Å²) in [6, 6.07) is 13.5. The van der Waals surface area contributed by atoms with Gasteiger partial charge >= 0.3 is 6.03 Å². The lowest BCUT2D eigenvalue weighted by Crippen LogP contribution is -2.19. The van der Waals surface area contributed by atoms with Gasteiger partial charge < -0.3 is 24.8 Å². The maximum atomic E-state index is 14.2. The Hall–Kier alpha value is -4.31. The van der Waals surface area contributed by atoms with E-state index in [-0.39, 0.29) is 17.1 Å². The molecule has 0 spiro atoms. The van der Waals surface area contributed by atoms with Crippen molar-refractivity contribution in [3.05, 3.63) is 78.5 Å². The Labute approximate surface area is 193 Å². The Balaban J connectivity index is 1.47. The van der Waals surface area contributed by atoms with Gasteiger partial charge in [-0.1, -0.05) is 6.07 Å². The number of nitrogens with zero attached hydrogens (tertiary/aromatic N) is 2. The second kappa shape index (κ2) is 10.5. The standard InChI is InChI=1S/C24H20F2N4O4/c1-32-7-8-33-23-14-27-21-6-5-19(13-22(21)30-23)34-20-11-16(26)10-18(12-20)29-24(31)28-17-4-2-3-15(25)9-17/h2-6,9-14H,7-8H2,1H3,(H2,28,29,31). The fourth-order valence-electron chi connectivity index (χ4n) is 3.03. The van der Waals surface area contributed by atoms with E-state index in [1.165, 1.54) is 36.5 Å². The van der Waals surface area contributed by atoms with Gasteiger partial charge in [0.25, 0.3) is 0 Å². The minimum absolute atomic E-state index is 0.151. The van der Waals surface area contributed by atoms with Crippen LogP contribution < -0.4 is 20.1 Å². The molecule has 2 amide bonds. The molecule has 174 valence electrons. The highest BCUT2D eigenvalue weighted by atomic mass is 19.1. The highest BCUT2D eigenvalue weighted by Gasteiger charge is 2.09. The lowest BCUT2D eigenvalue weighted by molar-refractivity contribution is 0.143. The third kappa shape index (κ3) is 6.14. The molecule has 0 saturated carbocycles. The number of urea groups is 1. The third-order valence-electron chi connectivity index (χ3n) is 4.48. The molecule has 4 rings (SSSR count). The van der Waals surface area contributed by atoms with Crippen LogP contribution in [0.4, 0.5) is 25.0 Å². The Kier molecular flexibility index (Phi) is 7.09. The number of methoxy groups -OCH3 is 1. The van der Waals surface area contributed by atoms with Crippen LogP contribution in [0.25, 0.3) is 11.0 Å². The molecule has 0 saturated heterocycles. The molecule has 8 nitrogen and oxygen atoms in total. The zero-order valence-electron chi connectivity index (χ0n) is 18.0. The number of benzene rings is 3. The maximum Gasteiger partial charge on any atom is 0.323 e. The van der Waals surface area contributed by atoms with Crippen molar-refractivity contribution < 1.29 is 27.8 Å². The van der Waals surface area contributed by atoms with E-state index >= 15 is 0 Å². The zero-order chi connectivity index (χ0) is 23.9. The first-order valence-electron chi connectivity index (χ1n) is 10.2. The average Bonchev–Trinajstić information content (AvgIpc) is 2.78. The van der Waals surface area contributed by atoms with Gasteiger partial charge in [-0.25, -0.2) is 23.5 Å². The van der Waals surface area contributed by atoms with Crippen molar-refractivity contribution >= 4 is 28.4 Å². The molecular weight excluding hydrogens is 446 g/mol. The lowest BCUT2D eigenvalue weighted by Gasteiger charge is -2.11. The third-order valence-corrected chi connectivity index (χ3v) is 4.48. The van der Waals surface area contributed by atoms with E-state index in [0.29, 0.717) is 35.9 Å². The average molecular weight is 466 g/mol. The van der Waals surface area contributed by atoms with E-state index < -0.39 is 17.7 Å². The Morgan fingerprint density at radius 3 is 2.53 bits per heavy atom. The number of fused-ring (bicyclic) bond motifs is 1. The number of ether oxygens (including phenoxy) is 3. The topological polar surface area (TPSA) is 94.6 Å². The van der Waals surface area contributed by atoms with Crippen molar-refractivity contribution in [2.45, 2.75) is 0 Å². The molecule has 0 aliphatic carbocycles. The molecule has 34 heavy (non-hydrogen) atoms. The maximum absolute atomic E-state index is 14.2. The highest BCUT2D eigenvalue weighted by Crippen LogP contribution is 2.28. The van der Waals surface area contributed by atoms with Crippen molar-refractivity contribution in [3.8, 4) is 17.4 Å². The SMILES string of the molecule is COCCOc1cnc2ccc(Oc3cc(F)cc(NC(=O)Nc4cccc(F)c4)c3)cc2n1. The van der Waals surface area contributed by atoms with E-state index in [2.05, 4.69) is 20.6 Å². The number of carbonyl (C=O) groups excluding carboxylic acids is 1. The second-order valence-electron chi connectivity index (χ2n) is 7.07. The minimum atomic E-state index is -0.663. The Morgan fingerprint density at radius 1 is 0.882 bits per heavy atom. The van der Waals surface area contributed by atoms with Crippen LogP contribution in [0.3, 0.4) is 0 Å². The highest BCUT2D eigenvalue weighted by molar-refractivity contribution is 5.99. The molecule has 0 bridgehead atoms. The van der Waals surface area contributed by atoms with Crippen molar-refractivity contribution in [2.75, 3.05) is 31.0 Å². The van der Waals surface area contributed by atoms with E-state index in [0.717, 1.165) is 12.1 Å². The first-order valence-corrected chi connectivity index (χ1v) is 10.2. The first kappa shape index (κ1) is 22.9. The van der Waals surface area contributed by atoms with Gasteiger partial charge in [-0.3, -0.25) is 0 Å². The van der Waals surface area contributed by atoms with Gasteiger partial charge in [0.05, 0.1) is 23.8 Å². The molecule has 10 heteroatoms. The number of aromatic nitrogens is 2. The summed E-state index contributed by atoms with van der Waals surface area (Å²) in [5.74, 6) is -0.235. The number of amides is 2. The Bertz CT molecular complexity index is 1320. The molecule has 0 aliphatic rings. The first-order chi connectivity index (χ1) is 16.5. The van der Waals surface area contributed by atoms with Crippen LogP contribution in [0.1, 0.15) is 0 Å². The van der Waals surface area contributed by atoms with Gasteiger partial charge in [0.15, 0.2) is 0 Å². The molecule has 1 heterocycles. The molecule has 0 radical (unpaired) electrons. The lowest BCUT2D eigenvalue weighted by atomic mass is 10.2. The van der Waals surface area contributed by atoms with Crippen LogP contribution in [0.2, 0.25) is 0 Å². The molecule has 3 aromatic carbocycles. The quantitative estimate of drug-likeness (QED) is 0.339. The molecule has 4 aromatic rings. The van der Waals surface area contributed by atoms with E-state index in [4.69, 9.17) is 14.2 Å². The molecular formula is C24H20F2N4O4. The van der Waals surface area contributed by atoms with Gasteiger partial charge in [0, 0.05) is 36.7 Å². The minimum Gasteiger partial charge on any atom is -0.474 e. The number of rotatable bonds is 8. The van der Waals surface area contributed by atoms with Crippen molar-refractivity contribution in [3.63, 3.8) is 0 Å². The predicted molar refractivity (Wildman–Crippen MR) is 122 cm³/mol. The number of halogens is 2. The summed E-state index contributed by atoms with van der Waals surface area (Å²) in [4.78, 5) is 20.9. The van der Waals surface area contributed by atoms with Crippen LogP contribution in [-0.2, 0) is 4.74 Å². The van der Waals surface area contributed by atoms with Crippen LogP contribution in [0.15, 0.2) is 66.9 Å². The van der Waals surface area contributed by atoms with Gasteiger partial charge in [-0.2, -0.15) is 0 Å². The van der Waals surface area contributed by atoms with E-state index in [9.17, 15) is 13.6 Å². The molecule has 0 fully saturated rings. The summed E-state index contributed by atoms with van der Waals surface area (Å²) in [6.45, 7) is 0.748. The van der Waals surface area contributed by atoms with Crippen molar-refractivity contribution in [1.29, 1.82) is 0 Å². The monoisotopic (exact) mass is 466 g/mol. The normalized spacial score (nSPS) is 10.7. The summed E-state index contributed by atoms with van der Waals surface area (Å²) in [5, 5.41) is 4.97. The van der Waals surface area contributed by atoms with Crippen LogP contribution in [0.5, 0.6) is 17.4 Å². The fraction of sp³-hybridized carbons (Fsp3) is 0.125. The number of anilines is 2. The van der Waals surface area contributed by atoms with Gasteiger partial charge in [-0.05, 0) is 36.4 Å². The summed E-state index contributed by atoms with van der Waals surface area (Å²) < 4.78 is 43.6. The number of hydrogen-bond donors (Lipinski definition) is 2. The van der Waals surface area contributed by atoms with Crippen molar-refractivity contribution in [1.82, 2.24) is 9.97 Å². The molecule has 0 aliphatic heterocycles. The molecule has 0 atom stereocenters. The van der Waals surface area contributed by atoms with E-state index in [1.807, 2.05) is 0 Å². The smallest absolute Gasteiger partial charge is 0.323 e. The summed E-state index contributed by atoms with van der Waals surface area (Å²) in [5.41, 5.74) is 1.56. The van der Waals surface area contributed by atoms with Gasteiger partial charge in [0.2, 0.25) is 5.88 Å². The van der Waals surface area contributed by atoms with Crippen LogP contribution in [0, 0.1) is 11.6 Å². The van der Waals surface area contributed by atoms with Gasteiger partial charge in [0.1, 0.15) is 29.7 Å². The van der Waals surface area contributed by atoms with E-state index in [1.54, 1.807) is 25.3 Å². The number of carbonyl (C=O) groups is 1. The summed E-state index contributed by atoms with van der Waals surface area (Å²) in [7, 11) is 1.57. The summed E-state index contributed by atoms with van der Waals surface area (Å²) >= 11 is 0. The van der Waals surface area contributed by atoms with Crippen molar-refractivity contribution in [2.24, 2.45) is 0 Å². The molecule has 0 unspecified atom stereocenters. The number of hydrogen-bond acceptors (Lipinski definition) is 6.